The monoisotopic (exact) mass is 345 g/mol. The van der Waals surface area contributed by atoms with E-state index in [1.165, 1.54) is 31.8 Å². The number of carbonyl (C=O) groups excluding carboxylic acids is 1. The van der Waals surface area contributed by atoms with Gasteiger partial charge in [0, 0.05) is 0 Å². The second-order valence-electron chi connectivity index (χ2n) is 4.76. The smallest absolute Gasteiger partial charge is 0.342 e. The van der Waals surface area contributed by atoms with Crippen LogP contribution in [0.15, 0.2) is 46.4 Å². The van der Waals surface area contributed by atoms with E-state index in [9.17, 15) is 4.79 Å². The number of rotatable bonds is 6. The minimum Gasteiger partial charge on any atom is -0.497 e. The second-order valence-corrected chi connectivity index (χ2v) is 5.71. The lowest BCUT2D eigenvalue weighted by Gasteiger charge is -2.09. The van der Waals surface area contributed by atoms with Crippen LogP contribution in [0.3, 0.4) is 0 Å². The highest BCUT2D eigenvalue weighted by molar-refractivity contribution is 7.13. The van der Waals surface area contributed by atoms with Gasteiger partial charge in [-0.2, -0.15) is 0 Å². The van der Waals surface area contributed by atoms with Crippen LogP contribution in [0.5, 0.6) is 11.5 Å². The van der Waals surface area contributed by atoms with E-state index in [0.29, 0.717) is 28.6 Å². The summed E-state index contributed by atoms with van der Waals surface area (Å²) in [7, 11) is 3.02. The second kappa shape index (κ2) is 7.18. The molecule has 0 saturated heterocycles. The van der Waals surface area contributed by atoms with Gasteiger partial charge in [-0.05, 0) is 29.6 Å². The number of methoxy groups -OCH3 is 2. The number of oxazole rings is 1. The number of benzene rings is 1. The Labute approximate surface area is 142 Å². The van der Waals surface area contributed by atoms with Gasteiger partial charge in [0.05, 0.1) is 19.1 Å². The third-order valence-corrected chi connectivity index (χ3v) is 4.12. The summed E-state index contributed by atoms with van der Waals surface area (Å²) in [5.41, 5.74) is 0.826. The molecule has 1 aromatic carbocycles. The van der Waals surface area contributed by atoms with E-state index in [2.05, 4.69) is 4.98 Å². The van der Waals surface area contributed by atoms with Crippen LogP contribution in [0.2, 0.25) is 0 Å². The molecule has 3 rings (SSSR count). The number of aromatic nitrogens is 1. The molecule has 0 N–H and O–H groups in total. The van der Waals surface area contributed by atoms with Crippen LogP contribution in [0, 0.1) is 0 Å². The maximum absolute atomic E-state index is 12.3. The van der Waals surface area contributed by atoms with Gasteiger partial charge in [0.2, 0.25) is 5.89 Å². The summed E-state index contributed by atoms with van der Waals surface area (Å²) in [5, 5.41) is 1.94. The highest BCUT2D eigenvalue weighted by atomic mass is 32.1. The molecule has 2 heterocycles. The summed E-state index contributed by atoms with van der Waals surface area (Å²) in [5.74, 6) is 0.950. The number of hydrogen-bond donors (Lipinski definition) is 0. The van der Waals surface area contributed by atoms with Crippen molar-refractivity contribution in [3.8, 4) is 22.3 Å². The van der Waals surface area contributed by atoms with E-state index in [0.717, 1.165) is 4.88 Å². The SMILES string of the molecule is COc1ccc(OC)c(C(=O)OCc2coc(-c3cccs3)n2)c1. The van der Waals surface area contributed by atoms with Gasteiger partial charge >= 0.3 is 5.97 Å². The lowest BCUT2D eigenvalue weighted by atomic mass is 10.2. The minimum absolute atomic E-state index is 0.00801. The van der Waals surface area contributed by atoms with Crippen molar-refractivity contribution in [2.24, 2.45) is 0 Å². The van der Waals surface area contributed by atoms with E-state index in [1.54, 1.807) is 18.2 Å². The third-order valence-electron chi connectivity index (χ3n) is 3.26. The first-order valence-corrected chi connectivity index (χ1v) is 7.96. The molecular weight excluding hydrogens is 330 g/mol. The lowest BCUT2D eigenvalue weighted by molar-refractivity contribution is 0.0463. The maximum atomic E-state index is 12.3. The van der Waals surface area contributed by atoms with Crippen molar-refractivity contribution in [2.45, 2.75) is 6.61 Å². The van der Waals surface area contributed by atoms with Crippen LogP contribution in [0.1, 0.15) is 16.1 Å². The Morgan fingerprint density at radius 1 is 1.25 bits per heavy atom. The quantitative estimate of drug-likeness (QED) is 0.633. The first-order valence-electron chi connectivity index (χ1n) is 7.08. The lowest BCUT2D eigenvalue weighted by Crippen LogP contribution is -2.07. The number of thiophene rings is 1. The molecule has 0 aliphatic rings. The van der Waals surface area contributed by atoms with Gasteiger partial charge in [0.25, 0.3) is 0 Å². The molecule has 24 heavy (non-hydrogen) atoms. The van der Waals surface area contributed by atoms with Gasteiger partial charge in [-0.1, -0.05) is 6.07 Å². The maximum Gasteiger partial charge on any atom is 0.342 e. The first-order chi connectivity index (χ1) is 11.7. The van der Waals surface area contributed by atoms with Crippen LogP contribution < -0.4 is 9.47 Å². The van der Waals surface area contributed by atoms with Crippen molar-refractivity contribution in [3.63, 3.8) is 0 Å². The van der Waals surface area contributed by atoms with Crippen LogP contribution >= 0.6 is 11.3 Å². The summed E-state index contributed by atoms with van der Waals surface area (Å²) in [6.45, 7) is 0.00801. The molecule has 0 aliphatic carbocycles. The first kappa shape index (κ1) is 16.1. The zero-order valence-corrected chi connectivity index (χ0v) is 14.0. The Bertz CT molecular complexity index is 825. The Morgan fingerprint density at radius 3 is 2.83 bits per heavy atom. The highest BCUT2D eigenvalue weighted by Gasteiger charge is 2.16. The molecule has 0 spiro atoms. The summed E-state index contributed by atoms with van der Waals surface area (Å²) in [4.78, 5) is 17.5. The molecule has 3 aromatic rings. The number of carbonyl (C=O) groups is 1. The summed E-state index contributed by atoms with van der Waals surface area (Å²) < 4.78 is 21.0. The molecule has 124 valence electrons. The zero-order valence-electron chi connectivity index (χ0n) is 13.1. The number of hydrogen-bond acceptors (Lipinski definition) is 7. The Morgan fingerprint density at radius 2 is 2.12 bits per heavy atom. The van der Waals surface area contributed by atoms with Gasteiger partial charge in [-0.15, -0.1) is 11.3 Å². The average Bonchev–Trinajstić information content (AvgIpc) is 3.30. The van der Waals surface area contributed by atoms with E-state index >= 15 is 0 Å². The fraction of sp³-hybridized carbons (Fsp3) is 0.176. The van der Waals surface area contributed by atoms with Gasteiger partial charge in [0.1, 0.15) is 35.6 Å². The van der Waals surface area contributed by atoms with Crippen molar-refractivity contribution in [1.82, 2.24) is 4.98 Å². The molecule has 0 fully saturated rings. The molecule has 0 aliphatic heterocycles. The molecule has 0 saturated carbocycles. The molecule has 0 atom stereocenters. The number of esters is 1. The number of ether oxygens (including phenoxy) is 3. The Hall–Kier alpha value is -2.80. The van der Waals surface area contributed by atoms with Gasteiger partial charge in [0.15, 0.2) is 0 Å². The van der Waals surface area contributed by atoms with Crippen molar-refractivity contribution in [3.05, 3.63) is 53.2 Å². The van der Waals surface area contributed by atoms with E-state index in [1.807, 2.05) is 17.5 Å². The molecular formula is C17H15NO5S. The highest BCUT2D eigenvalue weighted by Crippen LogP contribution is 2.26. The van der Waals surface area contributed by atoms with Crippen LogP contribution in [-0.2, 0) is 11.3 Å². The van der Waals surface area contributed by atoms with E-state index in [-0.39, 0.29) is 6.61 Å². The molecule has 0 amide bonds. The van der Waals surface area contributed by atoms with Crippen molar-refractivity contribution in [1.29, 1.82) is 0 Å². The Balaban J connectivity index is 1.70. The molecule has 0 radical (unpaired) electrons. The van der Waals surface area contributed by atoms with Crippen molar-refractivity contribution in [2.75, 3.05) is 14.2 Å². The van der Waals surface area contributed by atoms with Crippen molar-refractivity contribution < 1.29 is 23.4 Å². The van der Waals surface area contributed by atoms with E-state index < -0.39 is 5.97 Å². The van der Waals surface area contributed by atoms with Crippen molar-refractivity contribution >= 4 is 17.3 Å². The molecule has 0 unspecified atom stereocenters. The molecule has 2 aromatic heterocycles. The van der Waals surface area contributed by atoms with Gasteiger partial charge in [-0.3, -0.25) is 0 Å². The normalized spacial score (nSPS) is 10.4. The summed E-state index contributed by atoms with van der Waals surface area (Å²) in [6.07, 6.45) is 1.48. The van der Waals surface area contributed by atoms with Crippen LogP contribution in [0.4, 0.5) is 0 Å². The van der Waals surface area contributed by atoms with E-state index in [4.69, 9.17) is 18.6 Å². The minimum atomic E-state index is -0.522. The summed E-state index contributed by atoms with van der Waals surface area (Å²) in [6, 6.07) is 8.76. The number of nitrogens with zero attached hydrogens (tertiary/aromatic N) is 1. The molecule has 0 bridgehead atoms. The van der Waals surface area contributed by atoms with Gasteiger partial charge < -0.3 is 18.6 Å². The third kappa shape index (κ3) is 3.41. The largest absolute Gasteiger partial charge is 0.497 e. The Kier molecular flexibility index (Phi) is 4.81. The zero-order chi connectivity index (χ0) is 16.9. The van der Waals surface area contributed by atoms with Crippen LogP contribution in [0.25, 0.3) is 10.8 Å². The van der Waals surface area contributed by atoms with Gasteiger partial charge in [-0.25, -0.2) is 9.78 Å². The average molecular weight is 345 g/mol. The summed E-state index contributed by atoms with van der Waals surface area (Å²) >= 11 is 1.53. The standard InChI is InChI=1S/C17H15NO5S/c1-20-12-5-6-14(21-2)13(8-12)17(19)23-10-11-9-22-16(18-11)15-4-3-7-24-15/h3-9H,10H2,1-2H3. The topological polar surface area (TPSA) is 70.8 Å². The fourth-order valence-corrected chi connectivity index (χ4v) is 2.73. The molecule has 7 heteroatoms. The fourth-order valence-electron chi connectivity index (χ4n) is 2.08. The molecule has 6 nitrogen and oxygen atoms in total. The predicted octanol–water partition coefficient (Wildman–Crippen LogP) is 3.78. The predicted molar refractivity (Wildman–Crippen MR) is 88.5 cm³/mol. The van der Waals surface area contributed by atoms with Crippen LogP contribution in [-0.4, -0.2) is 25.2 Å².